The van der Waals surface area contributed by atoms with Crippen molar-refractivity contribution in [1.29, 1.82) is 0 Å². The summed E-state index contributed by atoms with van der Waals surface area (Å²) in [6, 6.07) is 0. The van der Waals surface area contributed by atoms with Gasteiger partial charge >= 0.3 is 0 Å². The molecule has 1 heterocycles. The number of hydrogen-bond donors (Lipinski definition) is 0. The highest BCUT2D eigenvalue weighted by Crippen LogP contribution is 2.08. The Morgan fingerprint density at radius 1 is 1.58 bits per heavy atom. The maximum atomic E-state index is 5.58. The highest BCUT2D eigenvalue weighted by Gasteiger charge is 2.17. The Morgan fingerprint density at radius 2 is 2.42 bits per heavy atom. The summed E-state index contributed by atoms with van der Waals surface area (Å²) < 4.78 is 5.58. The molecular weight excluding hydrogens is 218 g/mol. The smallest absolute Gasteiger partial charge is 0.0700 e. The summed E-state index contributed by atoms with van der Waals surface area (Å²) >= 11 is 3.45. The zero-order valence-electron chi connectivity index (χ0n) is 7.76. The predicted molar refractivity (Wildman–Crippen MR) is 54.9 cm³/mol. The molecule has 0 aliphatic carbocycles. The standard InChI is InChI=1S/C9H18BrNO/c1-2-9-8-11(5-3-4-10)6-7-12-9/h9H,2-8H2,1H3. The number of halogens is 1. The minimum atomic E-state index is 0.481. The van der Waals surface area contributed by atoms with Crippen LogP contribution in [0.2, 0.25) is 0 Å². The Morgan fingerprint density at radius 3 is 3.08 bits per heavy atom. The molecule has 1 aliphatic heterocycles. The molecule has 3 heteroatoms. The number of rotatable bonds is 4. The highest BCUT2D eigenvalue weighted by atomic mass is 79.9. The zero-order valence-corrected chi connectivity index (χ0v) is 9.35. The molecule has 72 valence electrons. The second kappa shape index (κ2) is 5.95. The van der Waals surface area contributed by atoms with Gasteiger partial charge in [-0.05, 0) is 19.4 Å². The van der Waals surface area contributed by atoms with E-state index in [9.17, 15) is 0 Å². The number of morpholine rings is 1. The van der Waals surface area contributed by atoms with Crippen molar-refractivity contribution in [3.8, 4) is 0 Å². The molecule has 0 radical (unpaired) electrons. The van der Waals surface area contributed by atoms with Crippen molar-refractivity contribution in [3.05, 3.63) is 0 Å². The van der Waals surface area contributed by atoms with E-state index in [1.165, 1.54) is 13.0 Å². The van der Waals surface area contributed by atoms with E-state index >= 15 is 0 Å². The van der Waals surface area contributed by atoms with Crippen molar-refractivity contribution >= 4 is 15.9 Å². The van der Waals surface area contributed by atoms with Crippen LogP contribution >= 0.6 is 15.9 Å². The van der Waals surface area contributed by atoms with Crippen LogP contribution in [-0.2, 0) is 4.74 Å². The first kappa shape index (κ1) is 10.5. The molecule has 0 spiro atoms. The van der Waals surface area contributed by atoms with Gasteiger partial charge in [0.2, 0.25) is 0 Å². The number of hydrogen-bond acceptors (Lipinski definition) is 2. The molecule has 1 aliphatic rings. The molecule has 0 saturated carbocycles. The van der Waals surface area contributed by atoms with Gasteiger partial charge in [0.15, 0.2) is 0 Å². The van der Waals surface area contributed by atoms with Crippen molar-refractivity contribution in [3.63, 3.8) is 0 Å². The molecule has 1 atom stereocenters. The summed E-state index contributed by atoms with van der Waals surface area (Å²) in [5.41, 5.74) is 0. The Bertz CT molecular complexity index is 121. The largest absolute Gasteiger partial charge is 0.376 e. The van der Waals surface area contributed by atoms with E-state index in [4.69, 9.17) is 4.74 Å². The number of nitrogens with zero attached hydrogens (tertiary/aromatic N) is 1. The van der Waals surface area contributed by atoms with Gasteiger partial charge in [0, 0.05) is 18.4 Å². The van der Waals surface area contributed by atoms with Gasteiger partial charge in [-0.25, -0.2) is 0 Å². The first-order chi connectivity index (χ1) is 5.86. The Balaban J connectivity index is 2.16. The van der Waals surface area contributed by atoms with Crippen LogP contribution in [0, 0.1) is 0 Å². The van der Waals surface area contributed by atoms with E-state index in [1.807, 2.05) is 0 Å². The molecule has 1 fully saturated rings. The summed E-state index contributed by atoms with van der Waals surface area (Å²) in [5.74, 6) is 0. The molecule has 1 unspecified atom stereocenters. The van der Waals surface area contributed by atoms with Crippen molar-refractivity contribution < 1.29 is 4.74 Å². The molecular formula is C9H18BrNO. The van der Waals surface area contributed by atoms with Gasteiger partial charge in [-0.2, -0.15) is 0 Å². The van der Waals surface area contributed by atoms with Gasteiger partial charge in [0.05, 0.1) is 12.7 Å². The molecule has 1 rings (SSSR count). The second-order valence-electron chi connectivity index (χ2n) is 3.24. The van der Waals surface area contributed by atoms with E-state index in [2.05, 4.69) is 27.8 Å². The summed E-state index contributed by atoms with van der Waals surface area (Å²) in [6.07, 6.45) is 2.87. The third kappa shape index (κ3) is 3.42. The van der Waals surface area contributed by atoms with Crippen LogP contribution in [0.4, 0.5) is 0 Å². The van der Waals surface area contributed by atoms with E-state index in [1.54, 1.807) is 0 Å². The van der Waals surface area contributed by atoms with Crippen LogP contribution in [-0.4, -0.2) is 42.6 Å². The lowest BCUT2D eigenvalue weighted by Crippen LogP contribution is -2.42. The summed E-state index contributed by atoms with van der Waals surface area (Å²) in [6.45, 7) is 6.57. The van der Waals surface area contributed by atoms with Crippen molar-refractivity contribution in [2.75, 3.05) is 31.6 Å². The average Bonchev–Trinajstić information content (AvgIpc) is 2.15. The first-order valence-corrected chi connectivity index (χ1v) is 5.89. The van der Waals surface area contributed by atoms with Crippen molar-refractivity contribution in [2.24, 2.45) is 0 Å². The number of ether oxygens (including phenoxy) is 1. The topological polar surface area (TPSA) is 12.5 Å². The number of alkyl halides is 1. The SMILES string of the molecule is CCC1CN(CCCBr)CCO1. The molecule has 0 aromatic carbocycles. The first-order valence-electron chi connectivity index (χ1n) is 4.76. The monoisotopic (exact) mass is 235 g/mol. The molecule has 0 bridgehead atoms. The lowest BCUT2D eigenvalue weighted by molar-refractivity contribution is -0.0293. The molecule has 0 aromatic rings. The fourth-order valence-electron chi connectivity index (χ4n) is 1.51. The van der Waals surface area contributed by atoms with E-state index in [0.29, 0.717) is 6.10 Å². The highest BCUT2D eigenvalue weighted by molar-refractivity contribution is 9.09. The lowest BCUT2D eigenvalue weighted by atomic mass is 10.2. The minimum Gasteiger partial charge on any atom is -0.376 e. The van der Waals surface area contributed by atoms with Gasteiger partial charge in [-0.3, -0.25) is 4.90 Å². The van der Waals surface area contributed by atoms with E-state index in [-0.39, 0.29) is 0 Å². The second-order valence-corrected chi connectivity index (χ2v) is 4.04. The van der Waals surface area contributed by atoms with E-state index < -0.39 is 0 Å². The fourth-order valence-corrected chi connectivity index (χ4v) is 1.76. The molecule has 2 nitrogen and oxygen atoms in total. The van der Waals surface area contributed by atoms with Crippen molar-refractivity contribution in [1.82, 2.24) is 4.90 Å². The molecule has 0 N–H and O–H groups in total. The Labute approximate surface area is 83.4 Å². The van der Waals surface area contributed by atoms with Crippen LogP contribution in [0.25, 0.3) is 0 Å². The van der Waals surface area contributed by atoms with Gasteiger partial charge < -0.3 is 4.74 Å². The van der Waals surface area contributed by atoms with Gasteiger partial charge in [0.25, 0.3) is 0 Å². The van der Waals surface area contributed by atoms with Gasteiger partial charge in [-0.1, -0.05) is 22.9 Å². The summed E-state index contributed by atoms with van der Waals surface area (Å²) in [7, 11) is 0. The maximum absolute atomic E-state index is 5.58. The molecule has 0 aromatic heterocycles. The minimum absolute atomic E-state index is 0.481. The van der Waals surface area contributed by atoms with Crippen LogP contribution < -0.4 is 0 Å². The Kier molecular flexibility index (Phi) is 5.19. The Hall–Kier alpha value is 0.400. The average molecular weight is 236 g/mol. The quantitative estimate of drug-likeness (QED) is 0.691. The third-order valence-electron chi connectivity index (χ3n) is 2.29. The van der Waals surface area contributed by atoms with Crippen LogP contribution in [0.3, 0.4) is 0 Å². The third-order valence-corrected chi connectivity index (χ3v) is 2.85. The normalized spacial score (nSPS) is 26.0. The summed E-state index contributed by atoms with van der Waals surface area (Å²) in [4.78, 5) is 2.50. The molecule has 0 amide bonds. The maximum Gasteiger partial charge on any atom is 0.0700 e. The van der Waals surface area contributed by atoms with Crippen molar-refractivity contribution in [2.45, 2.75) is 25.9 Å². The zero-order chi connectivity index (χ0) is 8.81. The van der Waals surface area contributed by atoms with Gasteiger partial charge in [0.1, 0.15) is 0 Å². The van der Waals surface area contributed by atoms with Crippen LogP contribution in [0.1, 0.15) is 19.8 Å². The molecule has 12 heavy (non-hydrogen) atoms. The van der Waals surface area contributed by atoms with Crippen LogP contribution in [0.15, 0.2) is 0 Å². The van der Waals surface area contributed by atoms with Gasteiger partial charge in [-0.15, -0.1) is 0 Å². The summed E-state index contributed by atoms with van der Waals surface area (Å²) in [5, 5.41) is 1.11. The van der Waals surface area contributed by atoms with Crippen LogP contribution in [0.5, 0.6) is 0 Å². The fraction of sp³-hybridized carbons (Fsp3) is 1.00. The lowest BCUT2D eigenvalue weighted by Gasteiger charge is -2.32. The molecule has 1 saturated heterocycles. The predicted octanol–water partition coefficient (Wildman–Crippen LogP) is 1.88. The van der Waals surface area contributed by atoms with E-state index in [0.717, 1.165) is 31.4 Å².